The molecule has 0 aromatic heterocycles. The van der Waals surface area contributed by atoms with E-state index >= 15 is 0 Å². The second-order valence-corrected chi connectivity index (χ2v) is 10.1. The van der Waals surface area contributed by atoms with Crippen LogP contribution in [-0.2, 0) is 13.1 Å². The van der Waals surface area contributed by atoms with Crippen molar-refractivity contribution >= 4 is 5.91 Å². The molecule has 2 aromatic rings. The number of nitrogens with zero attached hydrogens (tertiary/aromatic N) is 1. The Kier molecular flexibility index (Phi) is 6.32. The molecule has 182 valence electrons. The number of nitrogens with one attached hydrogen (secondary N) is 1. The van der Waals surface area contributed by atoms with Crippen LogP contribution in [0.3, 0.4) is 0 Å². The minimum Gasteiger partial charge on any atom is -0.406 e. The first-order chi connectivity index (χ1) is 16.3. The van der Waals surface area contributed by atoms with Crippen molar-refractivity contribution < 1.29 is 22.7 Å². The minimum atomic E-state index is -4.71. The van der Waals surface area contributed by atoms with Crippen molar-refractivity contribution in [3.8, 4) is 5.75 Å². The molecule has 3 aliphatic rings. The Hall–Kier alpha value is -2.54. The summed E-state index contributed by atoms with van der Waals surface area (Å²) in [4.78, 5) is 15.0. The van der Waals surface area contributed by atoms with E-state index in [9.17, 15) is 18.0 Å². The molecule has 2 heterocycles. The fraction of sp³-hybridized carbons (Fsp3) is 0.519. The molecule has 34 heavy (non-hydrogen) atoms. The highest BCUT2D eigenvalue weighted by Gasteiger charge is 2.35. The maximum Gasteiger partial charge on any atom is 0.573 e. The van der Waals surface area contributed by atoms with E-state index in [0.29, 0.717) is 24.9 Å². The number of hydrogen-bond acceptors (Lipinski definition) is 3. The van der Waals surface area contributed by atoms with Gasteiger partial charge in [0.05, 0.1) is 0 Å². The third-order valence-electron chi connectivity index (χ3n) is 7.50. The Morgan fingerprint density at radius 1 is 1.09 bits per heavy atom. The maximum absolute atomic E-state index is 13.2. The molecule has 5 rings (SSSR count). The van der Waals surface area contributed by atoms with Gasteiger partial charge in [-0.15, -0.1) is 13.2 Å². The number of benzene rings is 2. The van der Waals surface area contributed by atoms with E-state index < -0.39 is 6.36 Å². The Morgan fingerprint density at radius 3 is 2.44 bits per heavy atom. The molecule has 2 aliphatic heterocycles. The van der Waals surface area contributed by atoms with Gasteiger partial charge < -0.3 is 15.0 Å². The molecule has 2 aromatic carbocycles. The monoisotopic (exact) mass is 472 g/mol. The van der Waals surface area contributed by atoms with E-state index in [0.717, 1.165) is 41.3 Å². The predicted molar refractivity (Wildman–Crippen MR) is 124 cm³/mol. The van der Waals surface area contributed by atoms with Gasteiger partial charge in [-0.3, -0.25) is 4.79 Å². The number of ether oxygens (including phenoxy) is 1. The first-order valence-electron chi connectivity index (χ1n) is 12.2. The van der Waals surface area contributed by atoms with E-state index in [1.54, 1.807) is 17.0 Å². The zero-order chi connectivity index (χ0) is 23.9. The molecular weight excluding hydrogens is 441 g/mol. The number of amides is 1. The molecule has 1 saturated heterocycles. The van der Waals surface area contributed by atoms with Crippen LogP contribution in [0.2, 0.25) is 0 Å². The average Bonchev–Trinajstić information content (AvgIpc) is 3.56. The molecule has 2 fully saturated rings. The van der Waals surface area contributed by atoms with Crippen molar-refractivity contribution in [2.24, 2.45) is 11.8 Å². The van der Waals surface area contributed by atoms with Gasteiger partial charge in [-0.05, 0) is 91.4 Å². The van der Waals surface area contributed by atoms with Gasteiger partial charge in [-0.2, -0.15) is 0 Å². The fourth-order valence-corrected chi connectivity index (χ4v) is 5.68. The summed E-state index contributed by atoms with van der Waals surface area (Å²) in [6.45, 7) is 5.08. The highest BCUT2D eigenvalue weighted by atomic mass is 19.4. The van der Waals surface area contributed by atoms with Crippen LogP contribution in [-0.4, -0.2) is 30.3 Å². The van der Waals surface area contributed by atoms with Crippen LogP contribution in [0.4, 0.5) is 13.2 Å². The molecule has 0 radical (unpaired) electrons. The standard InChI is InChI=1S/C27H31F3N2O2/c1-17-12-21(24(13-18-2-3-18)20-8-10-31-11-9-20)14-22-16-32(26(33)25(17)22)15-19-4-6-23(7-5-19)34-27(28,29)30/h4-7,12,14,18,20,24,31H,2-3,8-11,13,15-16H2,1H3. The van der Waals surface area contributed by atoms with Gasteiger partial charge >= 0.3 is 6.36 Å². The number of alkyl halides is 3. The number of piperidine rings is 1. The van der Waals surface area contributed by atoms with Crippen LogP contribution in [0.5, 0.6) is 5.75 Å². The maximum atomic E-state index is 13.2. The van der Waals surface area contributed by atoms with Crippen molar-refractivity contribution in [2.45, 2.75) is 64.4 Å². The predicted octanol–water partition coefficient (Wildman–Crippen LogP) is 5.93. The van der Waals surface area contributed by atoms with E-state index in [4.69, 9.17) is 0 Å². The zero-order valence-corrected chi connectivity index (χ0v) is 19.5. The topological polar surface area (TPSA) is 41.6 Å². The second kappa shape index (κ2) is 9.25. The van der Waals surface area contributed by atoms with Crippen molar-refractivity contribution in [3.63, 3.8) is 0 Å². The highest BCUT2D eigenvalue weighted by molar-refractivity contribution is 5.99. The first-order valence-corrected chi connectivity index (χ1v) is 12.2. The van der Waals surface area contributed by atoms with E-state index in [1.165, 1.54) is 49.8 Å². The summed E-state index contributed by atoms with van der Waals surface area (Å²) in [6, 6.07) is 10.2. The second-order valence-electron chi connectivity index (χ2n) is 10.1. The van der Waals surface area contributed by atoms with Crippen LogP contribution in [0, 0.1) is 18.8 Å². The number of hydrogen-bond donors (Lipinski definition) is 1. The van der Waals surface area contributed by atoms with Crippen molar-refractivity contribution in [3.05, 3.63) is 64.2 Å². The van der Waals surface area contributed by atoms with Crippen LogP contribution < -0.4 is 10.1 Å². The van der Waals surface area contributed by atoms with Gasteiger partial charge in [0.1, 0.15) is 5.75 Å². The Morgan fingerprint density at radius 2 is 1.79 bits per heavy atom. The van der Waals surface area contributed by atoms with Gasteiger partial charge in [-0.1, -0.05) is 37.1 Å². The van der Waals surface area contributed by atoms with E-state index in [2.05, 4.69) is 22.2 Å². The first kappa shape index (κ1) is 23.2. The fourth-order valence-electron chi connectivity index (χ4n) is 5.68. The molecule has 1 saturated carbocycles. The number of rotatable bonds is 7. The normalized spacial score (nSPS) is 19.9. The summed E-state index contributed by atoms with van der Waals surface area (Å²) in [5.74, 6) is 1.81. The molecular formula is C27H31F3N2O2. The van der Waals surface area contributed by atoms with Gasteiger partial charge in [0, 0.05) is 18.7 Å². The molecule has 0 spiro atoms. The van der Waals surface area contributed by atoms with Crippen LogP contribution in [0.1, 0.15) is 70.6 Å². The summed E-state index contributed by atoms with van der Waals surface area (Å²) in [7, 11) is 0. The lowest BCUT2D eigenvalue weighted by molar-refractivity contribution is -0.274. The van der Waals surface area contributed by atoms with Crippen molar-refractivity contribution in [1.29, 1.82) is 0 Å². The third-order valence-corrected chi connectivity index (χ3v) is 7.50. The molecule has 7 heteroatoms. The lowest BCUT2D eigenvalue weighted by Gasteiger charge is -2.32. The number of carbonyl (C=O) groups excluding carboxylic acids is 1. The average molecular weight is 473 g/mol. The van der Waals surface area contributed by atoms with Crippen molar-refractivity contribution in [1.82, 2.24) is 10.2 Å². The number of carbonyl (C=O) groups is 1. The quantitative estimate of drug-likeness (QED) is 0.543. The summed E-state index contributed by atoms with van der Waals surface area (Å²) in [6.07, 6.45) is 1.61. The van der Waals surface area contributed by atoms with Gasteiger partial charge in [-0.25, -0.2) is 0 Å². The molecule has 1 N–H and O–H groups in total. The van der Waals surface area contributed by atoms with Crippen LogP contribution >= 0.6 is 0 Å². The molecule has 1 aliphatic carbocycles. The Balaban J connectivity index is 1.33. The number of halogens is 3. The SMILES string of the molecule is Cc1cc(C(CC2CC2)C2CCNCC2)cc2c1C(=O)N(Cc1ccc(OC(F)(F)F)cc1)C2. The Bertz CT molecular complexity index is 1040. The number of aryl methyl sites for hydroxylation is 1. The number of fused-ring (bicyclic) bond motifs is 1. The minimum absolute atomic E-state index is 0.00437. The summed E-state index contributed by atoms with van der Waals surface area (Å²) >= 11 is 0. The smallest absolute Gasteiger partial charge is 0.406 e. The summed E-state index contributed by atoms with van der Waals surface area (Å²) < 4.78 is 41.2. The Labute approximate surface area is 198 Å². The van der Waals surface area contributed by atoms with Crippen LogP contribution in [0.15, 0.2) is 36.4 Å². The highest BCUT2D eigenvalue weighted by Crippen LogP contribution is 2.45. The van der Waals surface area contributed by atoms with Gasteiger partial charge in [0.25, 0.3) is 5.91 Å². The molecule has 4 nitrogen and oxygen atoms in total. The molecule has 1 atom stereocenters. The summed E-state index contributed by atoms with van der Waals surface area (Å²) in [5, 5.41) is 3.48. The lowest BCUT2D eigenvalue weighted by Crippen LogP contribution is -2.31. The zero-order valence-electron chi connectivity index (χ0n) is 19.5. The lowest BCUT2D eigenvalue weighted by atomic mass is 9.76. The third kappa shape index (κ3) is 5.24. The molecule has 1 unspecified atom stereocenters. The largest absolute Gasteiger partial charge is 0.573 e. The van der Waals surface area contributed by atoms with Gasteiger partial charge in [0.15, 0.2) is 0 Å². The van der Waals surface area contributed by atoms with Crippen LogP contribution in [0.25, 0.3) is 0 Å². The van der Waals surface area contributed by atoms with Crippen molar-refractivity contribution in [2.75, 3.05) is 13.1 Å². The summed E-state index contributed by atoms with van der Waals surface area (Å²) in [5.41, 5.74) is 5.04. The van der Waals surface area contributed by atoms with E-state index in [1.807, 2.05) is 6.92 Å². The van der Waals surface area contributed by atoms with E-state index in [-0.39, 0.29) is 11.7 Å². The van der Waals surface area contributed by atoms with Gasteiger partial charge in [0.2, 0.25) is 0 Å². The molecule has 1 amide bonds. The molecule has 0 bridgehead atoms.